The second-order valence-corrected chi connectivity index (χ2v) is 7.65. The summed E-state index contributed by atoms with van der Waals surface area (Å²) < 4.78 is 12.7. The third-order valence-corrected chi connectivity index (χ3v) is 6.03. The standard InChI is InChI=1S/C20H19N3O3S/c24-19(17-13-25-15-6-2-3-7-16(15)26-17)22-9-11-23(12-10-22)20-21-14-5-1-4-8-18(14)27-20/h1-8,17H,9-13H2/t17-/m0/s1. The molecule has 2 aliphatic heterocycles. The number of hydrogen-bond acceptors (Lipinski definition) is 6. The van der Waals surface area contributed by atoms with E-state index >= 15 is 0 Å². The lowest BCUT2D eigenvalue weighted by Crippen LogP contribution is -2.54. The molecule has 1 atom stereocenters. The Bertz CT molecular complexity index is 948. The lowest BCUT2D eigenvalue weighted by molar-refractivity contribution is -0.141. The van der Waals surface area contributed by atoms with Gasteiger partial charge in [0.15, 0.2) is 16.6 Å². The highest BCUT2D eigenvalue weighted by molar-refractivity contribution is 7.22. The molecular formula is C20H19N3O3S. The van der Waals surface area contributed by atoms with Crippen LogP contribution in [0.1, 0.15) is 0 Å². The molecule has 0 spiro atoms. The van der Waals surface area contributed by atoms with Gasteiger partial charge in [0.05, 0.1) is 10.2 Å². The minimum absolute atomic E-state index is 0.00606. The number of rotatable bonds is 2. The number of nitrogens with zero attached hydrogens (tertiary/aromatic N) is 3. The molecule has 1 amide bonds. The topological polar surface area (TPSA) is 54.9 Å². The number of carbonyl (C=O) groups is 1. The van der Waals surface area contributed by atoms with Crippen molar-refractivity contribution >= 4 is 32.6 Å². The van der Waals surface area contributed by atoms with Crippen molar-refractivity contribution in [3.63, 3.8) is 0 Å². The predicted octanol–water partition coefficient (Wildman–Crippen LogP) is 2.78. The number of para-hydroxylation sites is 3. The van der Waals surface area contributed by atoms with Gasteiger partial charge in [-0.1, -0.05) is 35.6 Å². The van der Waals surface area contributed by atoms with Crippen LogP contribution in [0, 0.1) is 0 Å². The molecule has 2 aliphatic rings. The zero-order valence-corrected chi connectivity index (χ0v) is 15.5. The number of amides is 1. The van der Waals surface area contributed by atoms with Gasteiger partial charge in [0.2, 0.25) is 6.10 Å². The molecule has 2 aromatic carbocycles. The van der Waals surface area contributed by atoms with Crippen molar-refractivity contribution in [2.75, 3.05) is 37.7 Å². The molecule has 0 N–H and O–H groups in total. The summed E-state index contributed by atoms with van der Waals surface area (Å²) in [6.07, 6.45) is -0.575. The second-order valence-electron chi connectivity index (χ2n) is 6.64. The van der Waals surface area contributed by atoms with Crippen LogP contribution >= 0.6 is 11.3 Å². The SMILES string of the molecule is O=C([C@@H]1COc2ccccc2O1)N1CCN(c2nc3ccccc3s2)CC1. The number of ether oxygens (including phenoxy) is 2. The van der Waals surface area contributed by atoms with Crippen molar-refractivity contribution in [2.45, 2.75) is 6.10 Å². The van der Waals surface area contributed by atoms with Gasteiger partial charge in [-0.2, -0.15) is 0 Å². The lowest BCUT2D eigenvalue weighted by atomic mass is 10.2. The van der Waals surface area contributed by atoms with E-state index in [1.807, 2.05) is 47.4 Å². The molecule has 1 aromatic heterocycles. The summed E-state index contributed by atoms with van der Waals surface area (Å²) in [6.45, 7) is 3.13. The summed E-state index contributed by atoms with van der Waals surface area (Å²) in [7, 11) is 0. The van der Waals surface area contributed by atoms with E-state index < -0.39 is 6.10 Å². The largest absolute Gasteiger partial charge is 0.485 e. The first-order chi connectivity index (χ1) is 13.3. The smallest absolute Gasteiger partial charge is 0.267 e. The fourth-order valence-corrected chi connectivity index (χ4v) is 4.48. The van der Waals surface area contributed by atoms with E-state index in [2.05, 4.69) is 11.0 Å². The minimum Gasteiger partial charge on any atom is -0.485 e. The Kier molecular flexibility index (Phi) is 4.09. The summed E-state index contributed by atoms with van der Waals surface area (Å²) in [4.78, 5) is 21.7. The third-order valence-electron chi connectivity index (χ3n) is 4.93. The number of thiazole rings is 1. The van der Waals surface area contributed by atoms with Crippen LogP contribution in [-0.4, -0.2) is 54.7 Å². The first kappa shape index (κ1) is 16.4. The van der Waals surface area contributed by atoms with Crippen LogP contribution in [0.25, 0.3) is 10.2 Å². The molecule has 27 heavy (non-hydrogen) atoms. The van der Waals surface area contributed by atoms with E-state index in [1.165, 1.54) is 4.70 Å². The summed E-state index contributed by atoms with van der Waals surface area (Å²) in [5.74, 6) is 1.32. The average Bonchev–Trinajstić information content (AvgIpc) is 3.17. The second kappa shape index (κ2) is 6.74. The summed E-state index contributed by atoms with van der Waals surface area (Å²) in [6, 6.07) is 15.6. The number of benzene rings is 2. The highest BCUT2D eigenvalue weighted by atomic mass is 32.1. The molecule has 6 nitrogen and oxygen atoms in total. The van der Waals surface area contributed by atoms with Crippen LogP contribution in [0.4, 0.5) is 5.13 Å². The molecule has 3 aromatic rings. The van der Waals surface area contributed by atoms with E-state index in [1.54, 1.807) is 11.3 Å². The van der Waals surface area contributed by atoms with Gasteiger partial charge < -0.3 is 19.3 Å². The van der Waals surface area contributed by atoms with Crippen molar-refractivity contribution in [1.82, 2.24) is 9.88 Å². The maximum absolute atomic E-state index is 12.8. The van der Waals surface area contributed by atoms with Crippen LogP contribution in [0.2, 0.25) is 0 Å². The van der Waals surface area contributed by atoms with Gasteiger partial charge in [0, 0.05) is 26.2 Å². The summed E-state index contributed by atoms with van der Waals surface area (Å²) >= 11 is 1.70. The molecule has 138 valence electrons. The number of piperazine rings is 1. The highest BCUT2D eigenvalue weighted by Gasteiger charge is 2.33. The summed E-state index contributed by atoms with van der Waals surface area (Å²) in [5, 5.41) is 1.02. The maximum atomic E-state index is 12.8. The van der Waals surface area contributed by atoms with Crippen molar-refractivity contribution < 1.29 is 14.3 Å². The number of carbonyl (C=O) groups excluding carboxylic acids is 1. The molecule has 0 unspecified atom stereocenters. The molecule has 0 saturated carbocycles. The fraction of sp³-hybridized carbons (Fsp3) is 0.300. The quantitative estimate of drug-likeness (QED) is 0.683. The van der Waals surface area contributed by atoms with E-state index in [0.717, 1.165) is 23.7 Å². The zero-order chi connectivity index (χ0) is 18.2. The normalized spacial score (nSPS) is 19.3. The van der Waals surface area contributed by atoms with Gasteiger partial charge in [0.25, 0.3) is 5.91 Å². The Balaban J connectivity index is 1.23. The summed E-state index contributed by atoms with van der Waals surface area (Å²) in [5.41, 5.74) is 1.03. The predicted molar refractivity (Wildman–Crippen MR) is 105 cm³/mol. The first-order valence-corrected chi connectivity index (χ1v) is 9.87. The van der Waals surface area contributed by atoms with Crippen LogP contribution in [0.15, 0.2) is 48.5 Å². The monoisotopic (exact) mass is 381 g/mol. The molecule has 3 heterocycles. The Hall–Kier alpha value is -2.80. The van der Waals surface area contributed by atoms with E-state index in [0.29, 0.717) is 24.6 Å². The number of aromatic nitrogens is 1. The minimum atomic E-state index is -0.575. The molecule has 0 radical (unpaired) electrons. The molecule has 7 heteroatoms. The number of fused-ring (bicyclic) bond motifs is 2. The van der Waals surface area contributed by atoms with E-state index in [-0.39, 0.29) is 12.5 Å². The van der Waals surface area contributed by atoms with Gasteiger partial charge in [0.1, 0.15) is 6.61 Å². The molecule has 0 bridgehead atoms. The Morgan fingerprint density at radius 2 is 1.74 bits per heavy atom. The third kappa shape index (κ3) is 3.08. The van der Waals surface area contributed by atoms with E-state index in [4.69, 9.17) is 14.5 Å². The Morgan fingerprint density at radius 3 is 2.56 bits per heavy atom. The highest BCUT2D eigenvalue weighted by Crippen LogP contribution is 2.32. The molecular weight excluding hydrogens is 362 g/mol. The van der Waals surface area contributed by atoms with Crippen LogP contribution in [-0.2, 0) is 4.79 Å². The number of hydrogen-bond donors (Lipinski definition) is 0. The lowest BCUT2D eigenvalue weighted by Gasteiger charge is -2.37. The van der Waals surface area contributed by atoms with Gasteiger partial charge in [-0.05, 0) is 24.3 Å². The molecule has 5 rings (SSSR count). The van der Waals surface area contributed by atoms with Gasteiger partial charge in [-0.15, -0.1) is 0 Å². The fourth-order valence-electron chi connectivity index (χ4n) is 3.46. The zero-order valence-electron chi connectivity index (χ0n) is 14.7. The Labute approximate surface area is 160 Å². The van der Waals surface area contributed by atoms with Crippen molar-refractivity contribution in [3.8, 4) is 11.5 Å². The molecule has 0 aliphatic carbocycles. The van der Waals surface area contributed by atoms with Crippen molar-refractivity contribution in [2.24, 2.45) is 0 Å². The first-order valence-electron chi connectivity index (χ1n) is 9.06. The molecule has 1 saturated heterocycles. The van der Waals surface area contributed by atoms with Crippen LogP contribution in [0.5, 0.6) is 11.5 Å². The van der Waals surface area contributed by atoms with Crippen molar-refractivity contribution in [1.29, 1.82) is 0 Å². The van der Waals surface area contributed by atoms with E-state index in [9.17, 15) is 4.79 Å². The van der Waals surface area contributed by atoms with Crippen LogP contribution in [0.3, 0.4) is 0 Å². The van der Waals surface area contributed by atoms with Gasteiger partial charge in [-0.25, -0.2) is 4.98 Å². The van der Waals surface area contributed by atoms with Crippen molar-refractivity contribution in [3.05, 3.63) is 48.5 Å². The molecule has 1 fully saturated rings. The maximum Gasteiger partial charge on any atom is 0.267 e. The number of anilines is 1. The van der Waals surface area contributed by atoms with Gasteiger partial charge in [-0.3, -0.25) is 4.79 Å². The van der Waals surface area contributed by atoms with Gasteiger partial charge >= 0.3 is 0 Å². The Morgan fingerprint density at radius 1 is 1.00 bits per heavy atom. The average molecular weight is 381 g/mol. The van der Waals surface area contributed by atoms with Crippen LogP contribution < -0.4 is 14.4 Å².